The molecular weight excluding hydrogens is 400 g/mol. The predicted octanol–water partition coefficient (Wildman–Crippen LogP) is 1.20. The number of fused-ring (bicyclic) bond motifs is 2. The molecule has 160 valence electrons. The first-order valence-electron chi connectivity index (χ1n) is 9.53. The molecular formula is C20H21F2N3O5. The van der Waals surface area contributed by atoms with Crippen LogP contribution in [0.5, 0.6) is 5.75 Å². The SMILES string of the molecule is C[C@@H]1CCO[C@H]2Cn3cc(C(=O)NCc4ccc(F)cc4F)c(=O)c(O)c3C(O)N12. The van der Waals surface area contributed by atoms with Crippen LogP contribution >= 0.6 is 0 Å². The van der Waals surface area contributed by atoms with E-state index in [9.17, 15) is 28.6 Å². The van der Waals surface area contributed by atoms with Gasteiger partial charge in [-0.2, -0.15) is 0 Å². The second kappa shape index (κ2) is 7.78. The molecule has 1 saturated heterocycles. The van der Waals surface area contributed by atoms with Gasteiger partial charge in [-0.1, -0.05) is 6.07 Å². The van der Waals surface area contributed by atoms with Gasteiger partial charge in [-0.05, 0) is 19.4 Å². The predicted molar refractivity (Wildman–Crippen MR) is 101 cm³/mol. The number of halogens is 2. The molecule has 1 fully saturated rings. The van der Waals surface area contributed by atoms with E-state index in [2.05, 4.69) is 5.32 Å². The van der Waals surface area contributed by atoms with Crippen LogP contribution in [-0.2, 0) is 17.8 Å². The number of carbonyl (C=O) groups is 1. The molecule has 0 saturated carbocycles. The fourth-order valence-electron chi connectivity index (χ4n) is 3.93. The van der Waals surface area contributed by atoms with Gasteiger partial charge in [0.1, 0.15) is 29.1 Å². The summed E-state index contributed by atoms with van der Waals surface area (Å²) in [6.07, 6.45) is 0.204. The highest BCUT2D eigenvalue weighted by atomic mass is 19.1. The third kappa shape index (κ3) is 3.47. The van der Waals surface area contributed by atoms with Crippen molar-refractivity contribution in [1.82, 2.24) is 14.8 Å². The molecule has 3 atom stereocenters. The normalized spacial score (nSPS) is 23.5. The zero-order chi connectivity index (χ0) is 21.6. The van der Waals surface area contributed by atoms with Crippen molar-refractivity contribution in [3.8, 4) is 5.75 Å². The Kier molecular flexibility index (Phi) is 5.31. The number of pyridine rings is 1. The molecule has 2 aliphatic rings. The van der Waals surface area contributed by atoms with Crippen LogP contribution in [0.2, 0.25) is 0 Å². The second-order valence-electron chi connectivity index (χ2n) is 7.46. The number of rotatable bonds is 3. The number of nitrogens with zero attached hydrogens (tertiary/aromatic N) is 2. The van der Waals surface area contributed by atoms with Crippen molar-refractivity contribution < 1.29 is 28.5 Å². The molecule has 2 aliphatic heterocycles. The summed E-state index contributed by atoms with van der Waals surface area (Å²) >= 11 is 0. The van der Waals surface area contributed by atoms with E-state index in [4.69, 9.17) is 4.74 Å². The number of aliphatic hydroxyl groups is 1. The van der Waals surface area contributed by atoms with Crippen LogP contribution in [0.4, 0.5) is 8.78 Å². The number of carbonyl (C=O) groups excluding carboxylic acids is 1. The number of benzene rings is 1. The van der Waals surface area contributed by atoms with Gasteiger partial charge in [-0.15, -0.1) is 0 Å². The first-order valence-corrected chi connectivity index (χ1v) is 9.53. The Bertz CT molecular complexity index is 1060. The van der Waals surface area contributed by atoms with Gasteiger partial charge in [-0.3, -0.25) is 9.59 Å². The van der Waals surface area contributed by atoms with Crippen molar-refractivity contribution in [3.05, 3.63) is 63.1 Å². The maximum atomic E-state index is 13.8. The summed E-state index contributed by atoms with van der Waals surface area (Å²) in [5.41, 5.74) is -1.26. The zero-order valence-electron chi connectivity index (χ0n) is 16.1. The lowest BCUT2D eigenvalue weighted by Gasteiger charge is -2.47. The number of aromatic nitrogens is 1. The smallest absolute Gasteiger partial charge is 0.257 e. The van der Waals surface area contributed by atoms with Crippen LogP contribution < -0.4 is 10.7 Å². The number of aromatic hydroxyl groups is 1. The minimum Gasteiger partial charge on any atom is -0.503 e. The van der Waals surface area contributed by atoms with Gasteiger partial charge in [0.15, 0.2) is 12.0 Å². The van der Waals surface area contributed by atoms with E-state index in [1.807, 2.05) is 6.92 Å². The highest BCUT2D eigenvalue weighted by molar-refractivity contribution is 5.94. The van der Waals surface area contributed by atoms with Crippen molar-refractivity contribution >= 4 is 5.91 Å². The Morgan fingerprint density at radius 1 is 1.37 bits per heavy atom. The minimum absolute atomic E-state index is 0.00488. The summed E-state index contributed by atoms with van der Waals surface area (Å²) < 4.78 is 33.9. The largest absolute Gasteiger partial charge is 0.503 e. The Morgan fingerprint density at radius 3 is 2.87 bits per heavy atom. The van der Waals surface area contributed by atoms with Crippen molar-refractivity contribution in [3.63, 3.8) is 0 Å². The molecule has 10 heteroatoms. The molecule has 2 aromatic rings. The van der Waals surface area contributed by atoms with Crippen molar-refractivity contribution in [2.45, 2.75) is 44.9 Å². The van der Waals surface area contributed by atoms with Crippen LogP contribution in [0.3, 0.4) is 0 Å². The lowest BCUT2D eigenvalue weighted by molar-refractivity contribution is -0.204. The van der Waals surface area contributed by atoms with Crippen LogP contribution in [-0.4, -0.2) is 44.5 Å². The first kappa shape index (κ1) is 20.5. The summed E-state index contributed by atoms with van der Waals surface area (Å²) in [5, 5.41) is 23.6. The van der Waals surface area contributed by atoms with Crippen molar-refractivity contribution in [1.29, 1.82) is 0 Å². The first-order chi connectivity index (χ1) is 14.3. The summed E-state index contributed by atoms with van der Waals surface area (Å²) in [6, 6.07) is 2.92. The molecule has 4 rings (SSSR count). The molecule has 8 nitrogen and oxygen atoms in total. The van der Waals surface area contributed by atoms with Gasteiger partial charge < -0.3 is 24.8 Å². The minimum atomic E-state index is -1.27. The molecule has 0 bridgehead atoms. The van der Waals surface area contributed by atoms with E-state index in [-0.39, 0.29) is 36.0 Å². The van der Waals surface area contributed by atoms with E-state index in [0.29, 0.717) is 19.1 Å². The van der Waals surface area contributed by atoms with Crippen molar-refractivity contribution in [2.75, 3.05) is 6.61 Å². The third-order valence-corrected chi connectivity index (χ3v) is 5.56. The molecule has 3 N–H and O–H groups in total. The Labute approximate surface area is 170 Å². The molecule has 0 radical (unpaired) electrons. The monoisotopic (exact) mass is 421 g/mol. The van der Waals surface area contributed by atoms with Crippen molar-refractivity contribution in [2.24, 2.45) is 0 Å². The molecule has 1 aromatic carbocycles. The summed E-state index contributed by atoms with van der Waals surface area (Å²) in [5.74, 6) is -3.12. The third-order valence-electron chi connectivity index (χ3n) is 5.56. The molecule has 1 aromatic heterocycles. The Morgan fingerprint density at radius 2 is 2.13 bits per heavy atom. The van der Waals surface area contributed by atoms with Gasteiger partial charge in [-0.25, -0.2) is 13.7 Å². The highest BCUT2D eigenvalue weighted by Gasteiger charge is 2.41. The Hall–Kier alpha value is -2.82. The van der Waals surface area contributed by atoms with Crippen LogP contribution in [0, 0.1) is 11.6 Å². The number of ether oxygens (including phenoxy) is 1. The average molecular weight is 421 g/mol. The average Bonchev–Trinajstić information content (AvgIpc) is 2.69. The standard InChI is InChI=1S/C20H21F2N3O5/c1-10-4-5-30-15-9-24-8-13(17(26)18(27)16(24)20(29)25(10)15)19(28)23-7-11-2-3-12(21)6-14(11)22/h2-3,6,8,10,15,20,27,29H,4-5,7,9H2,1H3,(H,23,28)/t10-,15+,20?/m1/s1. The van der Waals surface area contributed by atoms with Gasteiger partial charge >= 0.3 is 0 Å². The number of aliphatic hydroxyl groups excluding tert-OH is 1. The summed E-state index contributed by atoms with van der Waals surface area (Å²) in [7, 11) is 0. The van der Waals surface area contributed by atoms with Crippen LogP contribution in [0.25, 0.3) is 0 Å². The fraction of sp³-hybridized carbons (Fsp3) is 0.400. The molecule has 3 heterocycles. The highest BCUT2D eigenvalue weighted by Crippen LogP contribution is 2.36. The zero-order valence-corrected chi connectivity index (χ0v) is 16.1. The van der Waals surface area contributed by atoms with Gasteiger partial charge in [0, 0.05) is 30.4 Å². The number of hydrogen-bond acceptors (Lipinski definition) is 6. The van der Waals surface area contributed by atoms with Gasteiger partial charge in [0.05, 0.1) is 13.2 Å². The second-order valence-corrected chi connectivity index (χ2v) is 7.46. The lowest BCUT2D eigenvalue weighted by atomic mass is 10.1. The van der Waals surface area contributed by atoms with Crippen LogP contribution in [0.15, 0.2) is 29.2 Å². The maximum absolute atomic E-state index is 13.8. The lowest BCUT2D eigenvalue weighted by Crippen LogP contribution is -2.55. The Balaban J connectivity index is 1.62. The molecule has 0 spiro atoms. The topological polar surface area (TPSA) is 104 Å². The molecule has 30 heavy (non-hydrogen) atoms. The summed E-state index contributed by atoms with van der Waals surface area (Å²) in [4.78, 5) is 26.8. The fourth-order valence-corrected chi connectivity index (χ4v) is 3.93. The molecule has 1 unspecified atom stereocenters. The number of amides is 1. The van der Waals surface area contributed by atoms with E-state index < -0.39 is 41.2 Å². The number of hydrogen-bond donors (Lipinski definition) is 3. The molecule has 0 aliphatic carbocycles. The van der Waals surface area contributed by atoms with Crippen LogP contribution in [0.1, 0.15) is 41.2 Å². The van der Waals surface area contributed by atoms with E-state index in [1.54, 1.807) is 4.90 Å². The quantitative estimate of drug-likeness (QED) is 0.688. The summed E-state index contributed by atoms with van der Waals surface area (Å²) in [6.45, 7) is 2.36. The number of nitrogens with one attached hydrogen (secondary N) is 1. The van der Waals surface area contributed by atoms with Gasteiger partial charge in [0.25, 0.3) is 5.91 Å². The van der Waals surface area contributed by atoms with E-state index in [1.165, 1.54) is 16.8 Å². The van der Waals surface area contributed by atoms with E-state index >= 15 is 0 Å². The van der Waals surface area contributed by atoms with E-state index in [0.717, 1.165) is 6.07 Å². The maximum Gasteiger partial charge on any atom is 0.257 e. The molecule has 1 amide bonds. The van der Waals surface area contributed by atoms with Gasteiger partial charge in [0.2, 0.25) is 5.43 Å².